The molecule has 230 valence electrons. The molecular weight excluding hydrogens is 614 g/mol. The van der Waals surface area contributed by atoms with E-state index in [0.717, 1.165) is 33.3 Å². The number of fused-ring (bicyclic) bond motifs is 2. The van der Waals surface area contributed by atoms with Crippen LogP contribution in [0.1, 0.15) is 10.4 Å². The topological polar surface area (TPSA) is 123 Å². The predicted octanol–water partition coefficient (Wildman–Crippen LogP) is 6.00. The first kappa shape index (κ1) is 29.7. The molecule has 2 aromatic heterocycles. The predicted molar refractivity (Wildman–Crippen MR) is 163 cm³/mol. The third kappa shape index (κ3) is 5.12. The van der Waals surface area contributed by atoms with Crippen molar-refractivity contribution >= 4 is 49.6 Å². The summed E-state index contributed by atoms with van der Waals surface area (Å²) in [5, 5.41) is 2.79. The Balaban J connectivity index is 1.69. The fourth-order valence-electron chi connectivity index (χ4n) is 5.21. The summed E-state index contributed by atoms with van der Waals surface area (Å²) in [7, 11) is -1.19. The van der Waals surface area contributed by atoms with E-state index >= 15 is 4.39 Å². The molecule has 0 radical (unpaired) electrons. The summed E-state index contributed by atoms with van der Waals surface area (Å²) in [5.41, 5.74) is 6.73. The van der Waals surface area contributed by atoms with Crippen LogP contribution in [0.4, 0.5) is 29.2 Å². The zero-order valence-electron chi connectivity index (χ0n) is 23.8. The average molecular weight is 638 g/mol. The van der Waals surface area contributed by atoms with E-state index < -0.39 is 39.2 Å². The molecule has 6 rings (SSSR count). The number of hydrogen-bond acceptors (Lipinski definition) is 6. The van der Waals surface area contributed by atoms with Gasteiger partial charge in [0.2, 0.25) is 16.0 Å². The standard InChI is InChI=1S/C31H23F4N5O4S/c1-37-30(41)27-22-13-21(24(39(2)45(3,42)43)14-26(22)44-29(27)15-4-6-17(32)7-5-15)16-8-23(35)28-25(9-16)40(31(36)38-28)20-11-18(33)10-19(34)12-20/h4-14H,1-3H3,(H2,36,38)(H,37,41). The van der Waals surface area contributed by atoms with Crippen LogP contribution in [-0.2, 0) is 10.0 Å². The van der Waals surface area contributed by atoms with E-state index in [1.165, 1.54) is 56.6 Å². The molecule has 0 fully saturated rings. The number of rotatable bonds is 6. The number of amides is 1. The fourth-order valence-corrected chi connectivity index (χ4v) is 5.71. The summed E-state index contributed by atoms with van der Waals surface area (Å²) >= 11 is 0. The Morgan fingerprint density at radius 3 is 2.22 bits per heavy atom. The number of nitrogen functional groups attached to an aromatic ring is 1. The second-order valence-corrected chi connectivity index (χ2v) is 12.3. The number of anilines is 2. The quantitative estimate of drug-likeness (QED) is 0.216. The van der Waals surface area contributed by atoms with Gasteiger partial charge in [-0.3, -0.25) is 13.7 Å². The highest BCUT2D eigenvalue weighted by Gasteiger charge is 2.27. The molecular formula is C31H23F4N5O4S. The van der Waals surface area contributed by atoms with Crippen LogP contribution in [-0.4, -0.2) is 44.2 Å². The van der Waals surface area contributed by atoms with Crippen molar-refractivity contribution in [3.8, 4) is 28.1 Å². The fraction of sp³-hybridized carbons (Fsp3) is 0.0968. The van der Waals surface area contributed by atoms with Gasteiger partial charge in [0.1, 0.15) is 34.3 Å². The number of nitrogens with two attached hydrogens (primary N) is 1. The first-order valence-corrected chi connectivity index (χ1v) is 15.1. The number of aromatic nitrogens is 2. The van der Waals surface area contributed by atoms with Crippen LogP contribution in [0.25, 0.3) is 50.1 Å². The van der Waals surface area contributed by atoms with Gasteiger partial charge in [-0.25, -0.2) is 31.0 Å². The Morgan fingerprint density at radius 2 is 1.60 bits per heavy atom. The molecule has 0 atom stereocenters. The lowest BCUT2D eigenvalue weighted by molar-refractivity contribution is 0.0964. The molecule has 0 aliphatic carbocycles. The van der Waals surface area contributed by atoms with Gasteiger partial charge < -0.3 is 15.5 Å². The Labute approximate surface area is 253 Å². The Kier molecular flexibility index (Phi) is 7.03. The van der Waals surface area contributed by atoms with E-state index in [9.17, 15) is 26.4 Å². The van der Waals surface area contributed by atoms with E-state index in [-0.39, 0.29) is 61.8 Å². The number of halogens is 4. The van der Waals surface area contributed by atoms with Gasteiger partial charge in [0.25, 0.3) is 5.91 Å². The van der Waals surface area contributed by atoms with Crippen LogP contribution in [0, 0.1) is 23.3 Å². The number of sulfonamides is 1. The summed E-state index contributed by atoms with van der Waals surface area (Å²) in [4.78, 5) is 17.2. The number of imidazole rings is 1. The summed E-state index contributed by atoms with van der Waals surface area (Å²) in [6, 6.07) is 13.3. The maximum absolute atomic E-state index is 15.7. The molecule has 1 amide bonds. The maximum atomic E-state index is 15.7. The lowest BCUT2D eigenvalue weighted by Gasteiger charge is -2.21. The summed E-state index contributed by atoms with van der Waals surface area (Å²) in [6.45, 7) is 0. The van der Waals surface area contributed by atoms with E-state index in [2.05, 4.69) is 10.3 Å². The van der Waals surface area contributed by atoms with Gasteiger partial charge >= 0.3 is 0 Å². The number of hydrogen-bond donors (Lipinski definition) is 2. The van der Waals surface area contributed by atoms with Crippen molar-refractivity contribution in [1.29, 1.82) is 0 Å². The zero-order valence-corrected chi connectivity index (χ0v) is 24.6. The molecule has 0 bridgehead atoms. The zero-order chi connectivity index (χ0) is 32.4. The molecule has 2 heterocycles. The van der Waals surface area contributed by atoms with Gasteiger partial charge in [-0.05, 0) is 60.2 Å². The summed E-state index contributed by atoms with van der Waals surface area (Å²) in [6.07, 6.45) is 0.973. The lowest BCUT2D eigenvalue weighted by atomic mass is 9.98. The van der Waals surface area contributed by atoms with Crippen LogP contribution >= 0.6 is 0 Å². The largest absolute Gasteiger partial charge is 0.455 e. The van der Waals surface area contributed by atoms with Gasteiger partial charge in [0.05, 0.1) is 28.7 Å². The molecule has 0 unspecified atom stereocenters. The Hall–Kier alpha value is -5.37. The number of furan rings is 1. The van der Waals surface area contributed by atoms with Crippen LogP contribution in [0.3, 0.4) is 0 Å². The highest BCUT2D eigenvalue weighted by Crippen LogP contribution is 2.42. The molecule has 0 saturated carbocycles. The minimum absolute atomic E-state index is 0.0336. The smallest absolute Gasteiger partial charge is 0.255 e. The third-order valence-electron chi connectivity index (χ3n) is 7.36. The highest BCUT2D eigenvalue weighted by atomic mass is 32.2. The number of carbonyl (C=O) groups is 1. The summed E-state index contributed by atoms with van der Waals surface area (Å²) < 4.78 is 91.3. The molecule has 9 nitrogen and oxygen atoms in total. The number of nitrogens with one attached hydrogen (secondary N) is 1. The molecule has 6 aromatic rings. The number of carbonyl (C=O) groups excluding carboxylic acids is 1. The van der Waals surface area contributed by atoms with E-state index in [4.69, 9.17) is 10.2 Å². The van der Waals surface area contributed by atoms with Crippen molar-refractivity contribution in [3.05, 3.63) is 95.6 Å². The minimum Gasteiger partial charge on any atom is -0.455 e. The maximum Gasteiger partial charge on any atom is 0.255 e. The van der Waals surface area contributed by atoms with Gasteiger partial charge in [0.15, 0.2) is 5.82 Å². The molecule has 0 spiro atoms. The van der Waals surface area contributed by atoms with Crippen LogP contribution in [0.15, 0.2) is 71.1 Å². The third-order valence-corrected chi connectivity index (χ3v) is 8.55. The SMILES string of the molecule is CNC(=O)c1c(-c2ccc(F)cc2)oc2cc(N(C)S(C)(=O)=O)c(-c3cc(F)c4nc(N)n(-c5cc(F)cc(F)c5)c4c3)cc12. The Bertz CT molecular complexity index is 2260. The van der Waals surface area contributed by atoms with Crippen LogP contribution in [0.2, 0.25) is 0 Å². The molecule has 14 heteroatoms. The molecule has 0 saturated heterocycles. The lowest BCUT2D eigenvalue weighted by Crippen LogP contribution is -2.25. The average Bonchev–Trinajstić information content (AvgIpc) is 3.52. The van der Waals surface area contributed by atoms with Crippen LogP contribution < -0.4 is 15.4 Å². The second kappa shape index (κ2) is 10.7. The number of benzene rings is 4. The monoisotopic (exact) mass is 637 g/mol. The van der Waals surface area contributed by atoms with Crippen molar-refractivity contribution in [3.63, 3.8) is 0 Å². The Morgan fingerprint density at radius 1 is 0.933 bits per heavy atom. The van der Waals surface area contributed by atoms with Crippen molar-refractivity contribution in [1.82, 2.24) is 14.9 Å². The first-order chi connectivity index (χ1) is 21.3. The van der Waals surface area contributed by atoms with Crippen LogP contribution in [0.5, 0.6) is 0 Å². The number of nitrogens with zero attached hydrogens (tertiary/aromatic N) is 3. The second-order valence-electron chi connectivity index (χ2n) is 10.2. The van der Waals surface area contributed by atoms with Crippen molar-refractivity contribution in [2.24, 2.45) is 0 Å². The van der Waals surface area contributed by atoms with E-state index in [0.29, 0.717) is 11.6 Å². The van der Waals surface area contributed by atoms with E-state index in [1.54, 1.807) is 0 Å². The molecule has 3 N–H and O–H groups in total. The van der Waals surface area contributed by atoms with Crippen molar-refractivity contribution in [2.45, 2.75) is 0 Å². The van der Waals surface area contributed by atoms with Gasteiger partial charge in [-0.1, -0.05) is 0 Å². The van der Waals surface area contributed by atoms with Gasteiger partial charge in [-0.15, -0.1) is 0 Å². The molecule has 45 heavy (non-hydrogen) atoms. The highest BCUT2D eigenvalue weighted by molar-refractivity contribution is 7.92. The van der Waals surface area contributed by atoms with Gasteiger partial charge in [-0.2, -0.15) is 0 Å². The molecule has 0 aliphatic heterocycles. The van der Waals surface area contributed by atoms with Gasteiger partial charge in [0, 0.05) is 42.7 Å². The van der Waals surface area contributed by atoms with Crippen molar-refractivity contribution < 1.29 is 35.2 Å². The first-order valence-electron chi connectivity index (χ1n) is 13.2. The normalized spacial score (nSPS) is 11.8. The molecule has 0 aliphatic rings. The van der Waals surface area contributed by atoms with Crippen molar-refractivity contribution in [2.75, 3.05) is 30.4 Å². The van der Waals surface area contributed by atoms with E-state index in [1.807, 2.05) is 0 Å². The minimum atomic E-state index is -3.89. The molecule has 4 aromatic carbocycles. The summed E-state index contributed by atoms with van der Waals surface area (Å²) in [5.74, 6) is -3.87.